The summed E-state index contributed by atoms with van der Waals surface area (Å²) >= 11 is 7.07. The molecule has 1 heterocycles. The van der Waals surface area contributed by atoms with Crippen molar-refractivity contribution in [2.45, 2.75) is 18.9 Å². The van der Waals surface area contributed by atoms with E-state index in [2.05, 4.69) is 55.4 Å². The molecular formula is C10H12Br2ClN. The number of nitrogens with one attached hydrogen (secondary N) is 1. The van der Waals surface area contributed by atoms with Gasteiger partial charge in [0.25, 0.3) is 0 Å². The van der Waals surface area contributed by atoms with Gasteiger partial charge in [0, 0.05) is 15.0 Å². The molecule has 0 amide bonds. The van der Waals surface area contributed by atoms with Crippen LogP contribution in [-0.2, 0) is 0 Å². The van der Waals surface area contributed by atoms with Gasteiger partial charge in [0.15, 0.2) is 0 Å². The van der Waals surface area contributed by atoms with E-state index in [0.717, 1.165) is 11.0 Å². The second-order valence-corrected chi connectivity index (χ2v) is 5.08. The molecule has 1 N–H and O–H groups in total. The molecule has 0 unspecified atom stereocenters. The SMILES string of the molecule is Brc1ccc(Br)c([C@H]2CCCN2)c1.Cl. The molecule has 1 nitrogen and oxygen atoms in total. The summed E-state index contributed by atoms with van der Waals surface area (Å²) in [6, 6.07) is 6.88. The summed E-state index contributed by atoms with van der Waals surface area (Å²) in [4.78, 5) is 0. The summed E-state index contributed by atoms with van der Waals surface area (Å²) in [6.45, 7) is 1.14. The third-order valence-electron chi connectivity index (χ3n) is 2.39. The normalized spacial score (nSPS) is 20.6. The minimum atomic E-state index is 0. The van der Waals surface area contributed by atoms with Crippen molar-refractivity contribution in [3.8, 4) is 0 Å². The zero-order valence-electron chi connectivity index (χ0n) is 7.59. The summed E-state index contributed by atoms with van der Waals surface area (Å²) in [6.07, 6.45) is 2.53. The third-order valence-corrected chi connectivity index (χ3v) is 3.61. The van der Waals surface area contributed by atoms with Crippen LogP contribution in [0.2, 0.25) is 0 Å². The van der Waals surface area contributed by atoms with Crippen molar-refractivity contribution in [3.05, 3.63) is 32.7 Å². The zero-order chi connectivity index (χ0) is 9.26. The first kappa shape index (κ1) is 12.5. The average molecular weight is 341 g/mol. The van der Waals surface area contributed by atoms with Crippen molar-refractivity contribution in [1.82, 2.24) is 5.32 Å². The van der Waals surface area contributed by atoms with Crippen LogP contribution in [0, 0.1) is 0 Å². The molecule has 1 aromatic carbocycles. The van der Waals surface area contributed by atoms with E-state index in [0.29, 0.717) is 6.04 Å². The van der Waals surface area contributed by atoms with Crippen LogP contribution in [0.4, 0.5) is 0 Å². The van der Waals surface area contributed by atoms with E-state index < -0.39 is 0 Å². The predicted molar refractivity (Wildman–Crippen MR) is 69.1 cm³/mol. The molecule has 0 aromatic heterocycles. The number of benzene rings is 1. The lowest BCUT2D eigenvalue weighted by Gasteiger charge is -2.12. The van der Waals surface area contributed by atoms with Gasteiger partial charge in [0.1, 0.15) is 0 Å². The largest absolute Gasteiger partial charge is 0.310 e. The number of rotatable bonds is 1. The lowest BCUT2D eigenvalue weighted by molar-refractivity contribution is 0.644. The van der Waals surface area contributed by atoms with E-state index in [1.807, 2.05) is 0 Å². The quantitative estimate of drug-likeness (QED) is 0.812. The highest BCUT2D eigenvalue weighted by Crippen LogP contribution is 2.31. The highest BCUT2D eigenvalue weighted by Gasteiger charge is 2.18. The first-order valence-electron chi connectivity index (χ1n) is 4.46. The molecule has 1 aliphatic heterocycles. The van der Waals surface area contributed by atoms with Gasteiger partial charge in [-0.15, -0.1) is 12.4 Å². The van der Waals surface area contributed by atoms with Crippen LogP contribution < -0.4 is 5.32 Å². The number of halogens is 3. The summed E-state index contributed by atoms with van der Waals surface area (Å²) in [5.74, 6) is 0. The maximum absolute atomic E-state index is 3.58. The lowest BCUT2D eigenvalue weighted by Crippen LogP contribution is -2.13. The average Bonchev–Trinajstić information content (AvgIpc) is 2.61. The van der Waals surface area contributed by atoms with E-state index in [-0.39, 0.29) is 12.4 Å². The second kappa shape index (κ2) is 5.50. The van der Waals surface area contributed by atoms with E-state index in [1.54, 1.807) is 0 Å². The minimum absolute atomic E-state index is 0. The van der Waals surface area contributed by atoms with Gasteiger partial charge >= 0.3 is 0 Å². The van der Waals surface area contributed by atoms with Crippen molar-refractivity contribution in [1.29, 1.82) is 0 Å². The van der Waals surface area contributed by atoms with Crippen molar-refractivity contribution < 1.29 is 0 Å². The van der Waals surface area contributed by atoms with Gasteiger partial charge in [0.05, 0.1) is 0 Å². The standard InChI is InChI=1S/C10H11Br2N.ClH/c11-7-3-4-9(12)8(6-7)10-2-1-5-13-10;/h3-4,6,10,13H,1-2,5H2;1H/t10-;/m1./s1. The molecule has 0 saturated carbocycles. The Bertz CT molecular complexity index is 311. The Balaban J connectivity index is 0.000000980. The predicted octanol–water partition coefficient (Wildman–Crippen LogP) is 4.06. The Morgan fingerprint density at radius 3 is 2.71 bits per heavy atom. The second-order valence-electron chi connectivity index (χ2n) is 3.31. The fourth-order valence-electron chi connectivity index (χ4n) is 1.73. The van der Waals surface area contributed by atoms with Gasteiger partial charge in [-0.3, -0.25) is 0 Å². The highest BCUT2D eigenvalue weighted by atomic mass is 79.9. The van der Waals surface area contributed by atoms with Gasteiger partial charge in [0.2, 0.25) is 0 Å². The summed E-state index contributed by atoms with van der Waals surface area (Å²) < 4.78 is 2.36. The lowest BCUT2D eigenvalue weighted by atomic mass is 10.1. The van der Waals surface area contributed by atoms with Gasteiger partial charge in [-0.1, -0.05) is 31.9 Å². The van der Waals surface area contributed by atoms with Crippen LogP contribution in [0.5, 0.6) is 0 Å². The Morgan fingerprint density at radius 2 is 2.07 bits per heavy atom. The number of hydrogen-bond acceptors (Lipinski definition) is 1. The molecule has 0 spiro atoms. The minimum Gasteiger partial charge on any atom is -0.310 e. The van der Waals surface area contributed by atoms with E-state index in [4.69, 9.17) is 0 Å². The van der Waals surface area contributed by atoms with Gasteiger partial charge in [-0.05, 0) is 43.1 Å². The fraction of sp³-hybridized carbons (Fsp3) is 0.400. The first-order chi connectivity index (χ1) is 6.27. The zero-order valence-corrected chi connectivity index (χ0v) is 11.6. The summed E-state index contributed by atoms with van der Waals surface area (Å²) in [5.41, 5.74) is 1.37. The Morgan fingerprint density at radius 1 is 1.29 bits per heavy atom. The maximum atomic E-state index is 3.58. The first-order valence-corrected chi connectivity index (χ1v) is 6.04. The monoisotopic (exact) mass is 339 g/mol. The molecule has 1 atom stereocenters. The molecule has 1 saturated heterocycles. The summed E-state index contributed by atoms with van der Waals surface area (Å²) in [5, 5.41) is 3.49. The van der Waals surface area contributed by atoms with Gasteiger partial charge in [-0.25, -0.2) is 0 Å². The Hall–Kier alpha value is 0.430. The molecule has 1 aromatic rings. The molecule has 0 aliphatic carbocycles. The molecule has 2 rings (SSSR count). The van der Waals surface area contributed by atoms with E-state index >= 15 is 0 Å². The van der Waals surface area contributed by atoms with Crippen LogP contribution >= 0.6 is 44.3 Å². The molecule has 1 aliphatic rings. The molecule has 1 fully saturated rings. The Labute approximate surface area is 107 Å². The maximum Gasteiger partial charge on any atom is 0.0332 e. The van der Waals surface area contributed by atoms with Gasteiger partial charge < -0.3 is 5.32 Å². The molecule has 78 valence electrons. The third kappa shape index (κ3) is 2.72. The number of hydrogen-bond donors (Lipinski definition) is 1. The van der Waals surface area contributed by atoms with Crippen LogP contribution in [0.1, 0.15) is 24.4 Å². The van der Waals surface area contributed by atoms with Crippen LogP contribution in [0.25, 0.3) is 0 Å². The van der Waals surface area contributed by atoms with Crippen LogP contribution in [0.3, 0.4) is 0 Å². The van der Waals surface area contributed by atoms with Crippen LogP contribution in [0.15, 0.2) is 27.1 Å². The fourth-order valence-corrected chi connectivity index (χ4v) is 2.63. The van der Waals surface area contributed by atoms with Crippen molar-refractivity contribution >= 4 is 44.3 Å². The van der Waals surface area contributed by atoms with E-state index in [1.165, 1.54) is 22.9 Å². The highest BCUT2D eigenvalue weighted by molar-refractivity contribution is 9.11. The Kier molecular flexibility index (Phi) is 4.91. The van der Waals surface area contributed by atoms with Gasteiger partial charge in [-0.2, -0.15) is 0 Å². The smallest absolute Gasteiger partial charge is 0.0332 e. The molecular weight excluding hydrogens is 329 g/mol. The van der Waals surface area contributed by atoms with Crippen molar-refractivity contribution in [2.24, 2.45) is 0 Å². The molecule has 0 radical (unpaired) electrons. The molecule has 0 bridgehead atoms. The topological polar surface area (TPSA) is 12.0 Å². The van der Waals surface area contributed by atoms with E-state index in [9.17, 15) is 0 Å². The van der Waals surface area contributed by atoms with Crippen molar-refractivity contribution in [2.75, 3.05) is 6.54 Å². The molecule has 4 heteroatoms. The summed E-state index contributed by atoms with van der Waals surface area (Å²) in [7, 11) is 0. The van der Waals surface area contributed by atoms with Crippen molar-refractivity contribution in [3.63, 3.8) is 0 Å². The molecule has 14 heavy (non-hydrogen) atoms. The van der Waals surface area contributed by atoms with Crippen LogP contribution in [-0.4, -0.2) is 6.54 Å².